The summed E-state index contributed by atoms with van der Waals surface area (Å²) in [5, 5.41) is 0.683. The minimum Gasteiger partial charge on any atom is -0.459 e. The first-order chi connectivity index (χ1) is 7.18. The second-order valence-electron chi connectivity index (χ2n) is 3.45. The first kappa shape index (κ1) is 9.71. The summed E-state index contributed by atoms with van der Waals surface area (Å²) in [4.78, 5) is 15.7. The second-order valence-corrected chi connectivity index (χ2v) is 3.45. The number of fused-ring (bicyclic) bond motifs is 1. The highest BCUT2D eigenvalue weighted by atomic mass is 16.5. The molecule has 4 nitrogen and oxygen atoms in total. The third kappa shape index (κ3) is 1.83. The molecule has 4 heteroatoms. The Kier molecular flexibility index (Phi) is 2.41. The molecule has 0 bridgehead atoms. The molecule has 0 N–H and O–H groups in total. The van der Waals surface area contributed by atoms with E-state index in [9.17, 15) is 4.79 Å². The quantitative estimate of drug-likeness (QED) is 0.706. The summed E-state index contributed by atoms with van der Waals surface area (Å²) in [7, 11) is 0. The van der Waals surface area contributed by atoms with Crippen LogP contribution in [0.15, 0.2) is 29.0 Å². The van der Waals surface area contributed by atoms with Gasteiger partial charge in [0.15, 0.2) is 0 Å². The molecule has 0 aliphatic carbocycles. The number of esters is 1. The van der Waals surface area contributed by atoms with E-state index >= 15 is 0 Å². The van der Waals surface area contributed by atoms with Gasteiger partial charge < -0.3 is 9.15 Å². The van der Waals surface area contributed by atoms with E-state index in [1.54, 1.807) is 12.1 Å². The maximum atomic E-state index is 11.7. The molecule has 0 fully saturated rings. The first-order valence-electron chi connectivity index (χ1n) is 4.71. The Morgan fingerprint density at radius 1 is 1.47 bits per heavy atom. The van der Waals surface area contributed by atoms with Crippen LogP contribution >= 0.6 is 0 Å². The van der Waals surface area contributed by atoms with Gasteiger partial charge >= 0.3 is 5.97 Å². The van der Waals surface area contributed by atoms with E-state index in [1.807, 2.05) is 13.8 Å². The fourth-order valence-corrected chi connectivity index (χ4v) is 1.33. The van der Waals surface area contributed by atoms with Gasteiger partial charge in [-0.15, -0.1) is 0 Å². The largest absolute Gasteiger partial charge is 0.459 e. The molecule has 0 spiro atoms. The number of pyridine rings is 1. The molecule has 0 radical (unpaired) electrons. The minimum atomic E-state index is -0.348. The number of carbonyl (C=O) groups excluding carboxylic acids is 1. The Labute approximate surface area is 86.9 Å². The van der Waals surface area contributed by atoms with Crippen molar-refractivity contribution in [1.29, 1.82) is 0 Å². The smallest absolute Gasteiger partial charge is 0.339 e. The molecule has 2 aromatic heterocycles. The van der Waals surface area contributed by atoms with Crippen LogP contribution in [0.1, 0.15) is 24.2 Å². The molecule has 2 heterocycles. The van der Waals surface area contributed by atoms with Crippen molar-refractivity contribution in [2.45, 2.75) is 20.0 Å². The Bertz CT molecular complexity index is 487. The van der Waals surface area contributed by atoms with Gasteiger partial charge in [-0.05, 0) is 26.0 Å². The molecule has 15 heavy (non-hydrogen) atoms. The summed E-state index contributed by atoms with van der Waals surface area (Å²) in [5.41, 5.74) is 0.940. The van der Waals surface area contributed by atoms with Crippen LogP contribution in [-0.2, 0) is 4.74 Å². The molecule has 0 aliphatic heterocycles. The van der Waals surface area contributed by atoms with Crippen LogP contribution in [0.25, 0.3) is 11.1 Å². The molecular weight excluding hydrogens is 194 g/mol. The zero-order valence-electron chi connectivity index (χ0n) is 8.56. The third-order valence-corrected chi connectivity index (χ3v) is 1.93. The molecule has 0 atom stereocenters. The number of furan rings is 1. The normalized spacial score (nSPS) is 10.9. The zero-order chi connectivity index (χ0) is 10.8. The highest BCUT2D eigenvalue weighted by Crippen LogP contribution is 2.18. The molecule has 0 unspecified atom stereocenters. The summed E-state index contributed by atoms with van der Waals surface area (Å²) < 4.78 is 10.2. The Morgan fingerprint density at radius 3 is 3.00 bits per heavy atom. The van der Waals surface area contributed by atoms with E-state index in [1.165, 1.54) is 12.5 Å². The summed E-state index contributed by atoms with van der Waals surface area (Å²) in [6, 6.07) is 3.34. The van der Waals surface area contributed by atoms with Gasteiger partial charge in [-0.1, -0.05) is 0 Å². The average molecular weight is 205 g/mol. The third-order valence-electron chi connectivity index (χ3n) is 1.93. The van der Waals surface area contributed by atoms with E-state index in [-0.39, 0.29) is 12.1 Å². The molecule has 0 saturated carbocycles. The Balaban J connectivity index is 2.42. The molecule has 0 aromatic carbocycles. The maximum absolute atomic E-state index is 11.7. The van der Waals surface area contributed by atoms with Gasteiger partial charge in [0.25, 0.3) is 0 Å². The lowest BCUT2D eigenvalue weighted by Crippen LogP contribution is -2.11. The SMILES string of the molecule is CC(C)OC(=O)c1ccnc2occc12. The Morgan fingerprint density at radius 2 is 2.27 bits per heavy atom. The van der Waals surface area contributed by atoms with Crippen LogP contribution in [-0.4, -0.2) is 17.1 Å². The second kappa shape index (κ2) is 3.73. The van der Waals surface area contributed by atoms with Crippen molar-refractivity contribution in [2.75, 3.05) is 0 Å². The topological polar surface area (TPSA) is 52.3 Å². The molecule has 2 aromatic rings. The minimum absolute atomic E-state index is 0.132. The van der Waals surface area contributed by atoms with Crippen molar-refractivity contribution in [2.24, 2.45) is 0 Å². The zero-order valence-corrected chi connectivity index (χ0v) is 8.56. The molecule has 0 amide bonds. The summed E-state index contributed by atoms with van der Waals surface area (Å²) in [6.45, 7) is 3.62. The number of hydrogen-bond acceptors (Lipinski definition) is 4. The van der Waals surface area contributed by atoms with Crippen LogP contribution in [0.4, 0.5) is 0 Å². The van der Waals surface area contributed by atoms with Crippen molar-refractivity contribution in [3.05, 3.63) is 30.2 Å². The van der Waals surface area contributed by atoms with E-state index in [2.05, 4.69) is 4.98 Å². The summed E-state index contributed by atoms with van der Waals surface area (Å²) in [5.74, 6) is -0.348. The predicted molar refractivity (Wildman–Crippen MR) is 54.6 cm³/mol. The first-order valence-corrected chi connectivity index (χ1v) is 4.71. The standard InChI is InChI=1S/C11H11NO3/c1-7(2)15-11(13)9-3-5-12-10-8(9)4-6-14-10/h3-7H,1-2H3. The van der Waals surface area contributed by atoms with Crippen molar-refractivity contribution in [3.8, 4) is 0 Å². The van der Waals surface area contributed by atoms with Crippen molar-refractivity contribution < 1.29 is 13.9 Å². The number of ether oxygens (including phenoxy) is 1. The van der Waals surface area contributed by atoms with Gasteiger partial charge in [-0.2, -0.15) is 0 Å². The number of nitrogens with zero attached hydrogens (tertiary/aromatic N) is 1. The highest BCUT2D eigenvalue weighted by molar-refractivity contribution is 6.02. The highest BCUT2D eigenvalue weighted by Gasteiger charge is 2.14. The van der Waals surface area contributed by atoms with Crippen LogP contribution in [0, 0.1) is 0 Å². The number of carbonyl (C=O) groups is 1. The maximum Gasteiger partial charge on any atom is 0.339 e. The van der Waals surface area contributed by atoms with E-state index in [0.29, 0.717) is 16.7 Å². The van der Waals surface area contributed by atoms with E-state index in [4.69, 9.17) is 9.15 Å². The summed E-state index contributed by atoms with van der Waals surface area (Å²) >= 11 is 0. The van der Waals surface area contributed by atoms with Crippen molar-refractivity contribution in [3.63, 3.8) is 0 Å². The van der Waals surface area contributed by atoms with Gasteiger partial charge in [-0.3, -0.25) is 0 Å². The monoisotopic (exact) mass is 205 g/mol. The number of hydrogen-bond donors (Lipinski definition) is 0. The average Bonchev–Trinajstić information content (AvgIpc) is 2.63. The van der Waals surface area contributed by atoms with Gasteiger partial charge in [-0.25, -0.2) is 9.78 Å². The lowest BCUT2D eigenvalue weighted by molar-refractivity contribution is 0.0380. The van der Waals surface area contributed by atoms with E-state index in [0.717, 1.165) is 0 Å². The van der Waals surface area contributed by atoms with Crippen LogP contribution in [0.3, 0.4) is 0 Å². The van der Waals surface area contributed by atoms with Gasteiger partial charge in [0.1, 0.15) is 0 Å². The predicted octanol–water partition coefficient (Wildman–Crippen LogP) is 2.39. The number of rotatable bonds is 2. The fourth-order valence-electron chi connectivity index (χ4n) is 1.33. The fraction of sp³-hybridized carbons (Fsp3) is 0.273. The van der Waals surface area contributed by atoms with Gasteiger partial charge in [0.2, 0.25) is 5.71 Å². The van der Waals surface area contributed by atoms with Crippen LogP contribution < -0.4 is 0 Å². The van der Waals surface area contributed by atoms with Gasteiger partial charge in [0, 0.05) is 6.20 Å². The van der Waals surface area contributed by atoms with Crippen LogP contribution in [0.5, 0.6) is 0 Å². The van der Waals surface area contributed by atoms with Crippen LogP contribution in [0.2, 0.25) is 0 Å². The van der Waals surface area contributed by atoms with Crippen molar-refractivity contribution in [1.82, 2.24) is 4.98 Å². The molecule has 0 aliphatic rings. The molecular formula is C11H11NO3. The lowest BCUT2D eigenvalue weighted by atomic mass is 10.2. The number of aromatic nitrogens is 1. The molecule has 2 rings (SSSR count). The van der Waals surface area contributed by atoms with Gasteiger partial charge in [0.05, 0.1) is 23.3 Å². The summed E-state index contributed by atoms with van der Waals surface area (Å²) in [6.07, 6.45) is 2.90. The van der Waals surface area contributed by atoms with E-state index < -0.39 is 0 Å². The van der Waals surface area contributed by atoms with Crippen molar-refractivity contribution >= 4 is 17.1 Å². The Hall–Kier alpha value is -1.84. The lowest BCUT2D eigenvalue weighted by Gasteiger charge is -2.07. The molecule has 0 saturated heterocycles. The molecule has 78 valence electrons.